The highest BCUT2D eigenvalue weighted by Gasteiger charge is 2.34. The first-order valence-electron chi connectivity index (χ1n) is 6.61. The first kappa shape index (κ1) is 13.8. The van der Waals surface area contributed by atoms with E-state index in [4.69, 9.17) is 10.00 Å². The Morgan fingerprint density at radius 1 is 1.22 bits per heavy atom. The maximum absolute atomic E-state index is 12.4. The molecule has 0 amide bonds. The molecule has 1 aliphatic carbocycles. The van der Waals surface area contributed by atoms with Crippen molar-refractivity contribution in [3.63, 3.8) is 0 Å². The zero-order chi connectivity index (χ0) is 13.0. The Bertz CT molecular complexity index is 404. The molecule has 0 N–H and O–H groups in total. The molecule has 6 heteroatoms. The lowest BCUT2D eigenvalue weighted by atomic mass is 10.2. The van der Waals surface area contributed by atoms with E-state index in [-0.39, 0.29) is 24.4 Å². The number of nitrogens with zero attached hydrogens (tertiary/aromatic N) is 2. The smallest absolute Gasteiger partial charge is 0.217 e. The molecule has 0 bridgehead atoms. The number of rotatable bonds is 5. The van der Waals surface area contributed by atoms with Crippen LogP contribution >= 0.6 is 0 Å². The number of hydrogen-bond donors (Lipinski definition) is 0. The predicted molar refractivity (Wildman–Crippen MR) is 67.3 cm³/mol. The van der Waals surface area contributed by atoms with Gasteiger partial charge < -0.3 is 4.74 Å². The minimum Gasteiger partial charge on any atom is -0.377 e. The van der Waals surface area contributed by atoms with Gasteiger partial charge in [0.25, 0.3) is 0 Å². The van der Waals surface area contributed by atoms with E-state index in [2.05, 4.69) is 0 Å². The minimum absolute atomic E-state index is 0.0241. The van der Waals surface area contributed by atoms with Crippen molar-refractivity contribution in [2.45, 2.75) is 50.7 Å². The van der Waals surface area contributed by atoms with Gasteiger partial charge in [0.1, 0.15) is 6.54 Å². The van der Waals surface area contributed by atoms with E-state index >= 15 is 0 Å². The van der Waals surface area contributed by atoms with Crippen LogP contribution in [0.5, 0.6) is 0 Å². The number of sulfonamides is 1. The van der Waals surface area contributed by atoms with E-state index in [1.165, 1.54) is 4.31 Å². The summed E-state index contributed by atoms with van der Waals surface area (Å²) in [6.45, 7) is 0.627. The van der Waals surface area contributed by atoms with E-state index < -0.39 is 10.0 Å². The topological polar surface area (TPSA) is 70.4 Å². The first-order valence-corrected chi connectivity index (χ1v) is 8.22. The van der Waals surface area contributed by atoms with Gasteiger partial charge >= 0.3 is 0 Å². The van der Waals surface area contributed by atoms with Crippen LogP contribution in [0, 0.1) is 11.3 Å². The Hall–Kier alpha value is -0.640. The summed E-state index contributed by atoms with van der Waals surface area (Å²) in [7, 11) is -3.37. The molecule has 1 heterocycles. The highest BCUT2D eigenvalue weighted by molar-refractivity contribution is 7.89. The van der Waals surface area contributed by atoms with Gasteiger partial charge in [0.2, 0.25) is 10.0 Å². The van der Waals surface area contributed by atoms with Crippen LogP contribution in [0.25, 0.3) is 0 Å². The van der Waals surface area contributed by atoms with Gasteiger partial charge in [0, 0.05) is 12.6 Å². The largest absolute Gasteiger partial charge is 0.377 e. The van der Waals surface area contributed by atoms with Gasteiger partial charge in [-0.2, -0.15) is 9.57 Å². The average Bonchev–Trinajstić information content (AvgIpc) is 2.97. The zero-order valence-corrected chi connectivity index (χ0v) is 11.4. The molecule has 1 saturated heterocycles. The molecule has 0 aromatic carbocycles. The van der Waals surface area contributed by atoms with Gasteiger partial charge in [-0.1, -0.05) is 12.8 Å². The maximum atomic E-state index is 12.4. The van der Waals surface area contributed by atoms with Gasteiger partial charge in [-0.15, -0.1) is 0 Å². The molecule has 0 spiro atoms. The Morgan fingerprint density at radius 2 is 1.94 bits per heavy atom. The van der Waals surface area contributed by atoms with Gasteiger partial charge in [-0.3, -0.25) is 0 Å². The second kappa shape index (κ2) is 6.00. The minimum atomic E-state index is -3.37. The second-order valence-corrected chi connectivity index (χ2v) is 7.02. The monoisotopic (exact) mass is 272 g/mol. The van der Waals surface area contributed by atoms with Crippen molar-refractivity contribution in [1.82, 2.24) is 4.31 Å². The predicted octanol–water partition coefficient (Wildman–Crippen LogP) is 1.26. The molecule has 1 saturated carbocycles. The van der Waals surface area contributed by atoms with Crippen LogP contribution in [0.4, 0.5) is 0 Å². The molecule has 2 fully saturated rings. The fraction of sp³-hybridized carbons (Fsp3) is 0.917. The Labute approximate surface area is 109 Å². The lowest BCUT2D eigenvalue weighted by molar-refractivity contribution is 0.126. The van der Waals surface area contributed by atoms with Gasteiger partial charge in [-0.25, -0.2) is 8.42 Å². The van der Waals surface area contributed by atoms with E-state index in [0.717, 1.165) is 38.5 Å². The summed E-state index contributed by atoms with van der Waals surface area (Å²) in [6.07, 6.45) is 5.44. The molecule has 2 rings (SSSR count). The van der Waals surface area contributed by atoms with E-state index in [1.54, 1.807) is 0 Å². The standard InChI is InChI=1S/C12H20N2O3S/c13-7-8-14(11-4-1-2-5-11)18(15,16)10-12-6-3-9-17-12/h11-12H,1-6,8-10H2. The SMILES string of the molecule is N#CCN(C1CCCC1)S(=O)(=O)CC1CCCO1. The molecular weight excluding hydrogens is 252 g/mol. The van der Waals surface area contributed by atoms with Crippen LogP contribution in [0.1, 0.15) is 38.5 Å². The summed E-state index contributed by atoms with van der Waals surface area (Å²) in [5.74, 6) is 0.0329. The van der Waals surface area contributed by atoms with Crippen LogP contribution in [-0.4, -0.2) is 43.8 Å². The molecule has 18 heavy (non-hydrogen) atoms. The molecule has 0 aromatic heterocycles. The van der Waals surface area contributed by atoms with Crippen LogP contribution in [0.2, 0.25) is 0 Å². The maximum Gasteiger partial charge on any atom is 0.217 e. The lowest BCUT2D eigenvalue weighted by Gasteiger charge is -2.26. The quantitative estimate of drug-likeness (QED) is 0.706. The van der Waals surface area contributed by atoms with Crippen LogP contribution in [0.3, 0.4) is 0 Å². The van der Waals surface area contributed by atoms with Gasteiger partial charge in [-0.05, 0) is 25.7 Å². The van der Waals surface area contributed by atoms with Crippen LogP contribution < -0.4 is 0 Å². The van der Waals surface area contributed by atoms with Crippen molar-refractivity contribution < 1.29 is 13.2 Å². The summed E-state index contributed by atoms with van der Waals surface area (Å²) >= 11 is 0. The molecule has 1 atom stereocenters. The van der Waals surface area contributed by atoms with Crippen LogP contribution in [0.15, 0.2) is 0 Å². The summed E-state index contributed by atoms with van der Waals surface area (Å²) in [5, 5.41) is 8.83. The molecule has 0 aromatic rings. The summed E-state index contributed by atoms with van der Waals surface area (Å²) in [4.78, 5) is 0. The average molecular weight is 272 g/mol. The van der Waals surface area contributed by atoms with Crippen molar-refractivity contribution in [3.8, 4) is 6.07 Å². The normalized spacial score (nSPS) is 25.7. The second-order valence-electron chi connectivity index (χ2n) is 5.06. The number of hydrogen-bond acceptors (Lipinski definition) is 4. The lowest BCUT2D eigenvalue weighted by Crippen LogP contribution is -2.42. The third kappa shape index (κ3) is 3.22. The Kier molecular flexibility index (Phi) is 4.60. The van der Waals surface area contributed by atoms with Crippen molar-refractivity contribution in [2.75, 3.05) is 18.9 Å². The number of nitriles is 1. The summed E-state index contributed by atoms with van der Waals surface area (Å²) < 4.78 is 31.5. The fourth-order valence-corrected chi connectivity index (χ4v) is 4.67. The molecular formula is C12H20N2O3S. The zero-order valence-electron chi connectivity index (χ0n) is 10.5. The number of ether oxygens (including phenoxy) is 1. The van der Waals surface area contributed by atoms with Crippen molar-refractivity contribution in [3.05, 3.63) is 0 Å². The molecule has 5 nitrogen and oxygen atoms in total. The Morgan fingerprint density at radius 3 is 2.50 bits per heavy atom. The van der Waals surface area contributed by atoms with Crippen molar-refractivity contribution in [2.24, 2.45) is 0 Å². The third-order valence-corrected chi connectivity index (χ3v) is 5.67. The van der Waals surface area contributed by atoms with Gasteiger partial charge in [0.15, 0.2) is 0 Å². The van der Waals surface area contributed by atoms with E-state index in [9.17, 15) is 8.42 Å². The Balaban J connectivity index is 2.05. The highest BCUT2D eigenvalue weighted by Crippen LogP contribution is 2.26. The highest BCUT2D eigenvalue weighted by atomic mass is 32.2. The molecule has 2 aliphatic rings. The molecule has 102 valence electrons. The third-order valence-electron chi connectivity index (χ3n) is 3.74. The van der Waals surface area contributed by atoms with E-state index in [0.29, 0.717) is 6.61 Å². The van der Waals surface area contributed by atoms with E-state index in [1.807, 2.05) is 6.07 Å². The van der Waals surface area contributed by atoms with Crippen molar-refractivity contribution in [1.29, 1.82) is 5.26 Å². The van der Waals surface area contributed by atoms with Crippen molar-refractivity contribution >= 4 is 10.0 Å². The molecule has 1 aliphatic heterocycles. The summed E-state index contributed by atoms with van der Waals surface area (Å²) in [6, 6.07) is 2.01. The first-order chi connectivity index (χ1) is 8.63. The molecule has 0 radical (unpaired) electrons. The van der Waals surface area contributed by atoms with Crippen LogP contribution in [-0.2, 0) is 14.8 Å². The summed E-state index contributed by atoms with van der Waals surface area (Å²) in [5.41, 5.74) is 0. The molecule has 1 unspecified atom stereocenters. The van der Waals surface area contributed by atoms with Gasteiger partial charge in [0.05, 0.1) is 17.9 Å². The fourth-order valence-electron chi connectivity index (χ4n) is 2.82.